The number of piperazine rings is 1. The Labute approximate surface area is 118 Å². The summed E-state index contributed by atoms with van der Waals surface area (Å²) >= 11 is 0. The van der Waals surface area contributed by atoms with Crippen LogP contribution in [0.3, 0.4) is 0 Å². The number of amides is 2. The molecule has 3 N–H and O–H groups in total. The molecule has 2 amide bonds. The predicted molar refractivity (Wildman–Crippen MR) is 72.4 cm³/mol. The number of hydrogen-bond acceptors (Lipinski definition) is 4. The zero-order valence-corrected chi connectivity index (χ0v) is 11.8. The Bertz CT molecular complexity index is 363. The molecule has 2 rings (SSSR count). The van der Waals surface area contributed by atoms with E-state index in [4.69, 9.17) is 5.11 Å². The molecule has 0 radical (unpaired) electrons. The summed E-state index contributed by atoms with van der Waals surface area (Å²) in [7, 11) is 0. The maximum absolute atomic E-state index is 12.0. The number of urea groups is 1. The van der Waals surface area contributed by atoms with E-state index >= 15 is 0 Å². The van der Waals surface area contributed by atoms with Crippen molar-refractivity contribution in [1.29, 1.82) is 0 Å². The van der Waals surface area contributed by atoms with Gasteiger partial charge in [0.15, 0.2) is 6.04 Å². The first-order valence-electron chi connectivity index (χ1n) is 7.16. The van der Waals surface area contributed by atoms with Gasteiger partial charge in [-0.2, -0.15) is 0 Å². The summed E-state index contributed by atoms with van der Waals surface area (Å²) in [5.41, 5.74) is 0. The lowest BCUT2D eigenvalue weighted by Gasteiger charge is -2.35. The summed E-state index contributed by atoms with van der Waals surface area (Å²) in [6, 6.07) is -1.67. The molecule has 2 atom stereocenters. The fraction of sp³-hybridized carbons (Fsp3) is 0.846. The van der Waals surface area contributed by atoms with Crippen molar-refractivity contribution in [3.63, 3.8) is 0 Å². The quantitative estimate of drug-likeness (QED) is 0.636. The van der Waals surface area contributed by atoms with Crippen molar-refractivity contribution in [2.24, 2.45) is 5.92 Å². The van der Waals surface area contributed by atoms with E-state index in [1.165, 1.54) is 19.8 Å². The molecule has 1 saturated heterocycles. The molecule has 7 heteroatoms. The SMILES string of the molecule is CC(O)C(NC(=O)N1CCN(CC2CC2)CC1)C(=O)O. The average Bonchev–Trinajstić information content (AvgIpc) is 3.19. The van der Waals surface area contributed by atoms with Crippen LogP contribution >= 0.6 is 0 Å². The first kappa shape index (κ1) is 15.1. The van der Waals surface area contributed by atoms with E-state index in [9.17, 15) is 14.7 Å². The van der Waals surface area contributed by atoms with Gasteiger partial charge in [0.2, 0.25) is 0 Å². The van der Waals surface area contributed by atoms with Crippen LogP contribution in [-0.4, -0.2) is 76.9 Å². The normalized spacial score (nSPS) is 23.2. The van der Waals surface area contributed by atoms with Crippen LogP contribution in [0, 0.1) is 5.92 Å². The van der Waals surface area contributed by atoms with Crippen LogP contribution in [0.5, 0.6) is 0 Å². The number of carbonyl (C=O) groups is 2. The van der Waals surface area contributed by atoms with E-state index in [0.29, 0.717) is 13.1 Å². The van der Waals surface area contributed by atoms with Crippen molar-refractivity contribution < 1.29 is 19.8 Å². The zero-order valence-electron chi connectivity index (χ0n) is 11.8. The zero-order chi connectivity index (χ0) is 14.7. The Morgan fingerprint density at radius 2 is 1.85 bits per heavy atom. The molecule has 7 nitrogen and oxygen atoms in total. The van der Waals surface area contributed by atoms with Crippen LogP contribution in [0.25, 0.3) is 0 Å². The number of nitrogens with one attached hydrogen (secondary N) is 1. The minimum absolute atomic E-state index is 0.413. The van der Waals surface area contributed by atoms with Crippen molar-refractivity contribution in [2.45, 2.75) is 31.9 Å². The second-order valence-corrected chi connectivity index (χ2v) is 5.74. The van der Waals surface area contributed by atoms with E-state index in [1.54, 1.807) is 4.90 Å². The summed E-state index contributed by atoms with van der Waals surface area (Å²) < 4.78 is 0. The highest BCUT2D eigenvalue weighted by Gasteiger charge is 2.30. The number of carbonyl (C=O) groups excluding carboxylic acids is 1. The van der Waals surface area contributed by atoms with E-state index in [2.05, 4.69) is 10.2 Å². The maximum atomic E-state index is 12.0. The largest absolute Gasteiger partial charge is 0.480 e. The van der Waals surface area contributed by atoms with Crippen LogP contribution < -0.4 is 5.32 Å². The highest BCUT2D eigenvalue weighted by atomic mass is 16.4. The standard InChI is InChI=1S/C13H23N3O4/c1-9(17)11(12(18)19)14-13(20)16-6-4-15(5-7-16)8-10-2-3-10/h9-11,17H,2-8H2,1H3,(H,14,20)(H,18,19). The molecule has 1 saturated carbocycles. The number of aliphatic hydroxyl groups excluding tert-OH is 1. The minimum Gasteiger partial charge on any atom is -0.480 e. The molecule has 20 heavy (non-hydrogen) atoms. The Hall–Kier alpha value is -1.34. The van der Waals surface area contributed by atoms with Gasteiger partial charge in [0, 0.05) is 32.7 Å². The molecule has 2 aliphatic rings. The number of nitrogens with zero attached hydrogens (tertiary/aromatic N) is 2. The fourth-order valence-electron chi connectivity index (χ4n) is 2.41. The first-order valence-corrected chi connectivity index (χ1v) is 7.16. The predicted octanol–water partition coefficient (Wildman–Crippen LogP) is -0.442. The number of carboxylic acid groups (broad SMARTS) is 1. The number of aliphatic carboxylic acids is 1. The molecule has 2 unspecified atom stereocenters. The van der Waals surface area contributed by atoms with Gasteiger partial charge < -0.3 is 20.4 Å². The molecule has 0 spiro atoms. The van der Waals surface area contributed by atoms with E-state index < -0.39 is 24.1 Å². The highest BCUT2D eigenvalue weighted by molar-refractivity contribution is 5.83. The van der Waals surface area contributed by atoms with Crippen LogP contribution in [0.15, 0.2) is 0 Å². The van der Waals surface area contributed by atoms with E-state index in [0.717, 1.165) is 25.6 Å². The van der Waals surface area contributed by atoms with Gasteiger partial charge in [0.25, 0.3) is 0 Å². The second-order valence-electron chi connectivity index (χ2n) is 5.74. The smallest absolute Gasteiger partial charge is 0.328 e. The van der Waals surface area contributed by atoms with Crippen LogP contribution in [-0.2, 0) is 4.79 Å². The summed E-state index contributed by atoms with van der Waals surface area (Å²) in [4.78, 5) is 26.9. The molecule has 0 aromatic rings. The van der Waals surface area contributed by atoms with Crippen molar-refractivity contribution in [1.82, 2.24) is 15.1 Å². The molecule has 0 bridgehead atoms. The van der Waals surface area contributed by atoms with Gasteiger partial charge >= 0.3 is 12.0 Å². The Kier molecular flexibility index (Phi) is 4.82. The lowest BCUT2D eigenvalue weighted by Crippen LogP contribution is -2.56. The molecular weight excluding hydrogens is 262 g/mol. The molecule has 1 aliphatic carbocycles. The molecule has 114 valence electrons. The molecule has 2 fully saturated rings. The van der Waals surface area contributed by atoms with Gasteiger partial charge in [-0.1, -0.05) is 0 Å². The van der Waals surface area contributed by atoms with Gasteiger partial charge in [0.05, 0.1) is 6.10 Å². The fourth-order valence-corrected chi connectivity index (χ4v) is 2.41. The Morgan fingerprint density at radius 1 is 1.25 bits per heavy atom. The number of aliphatic hydroxyl groups is 1. The van der Waals surface area contributed by atoms with Crippen molar-refractivity contribution in [3.05, 3.63) is 0 Å². The van der Waals surface area contributed by atoms with Crippen molar-refractivity contribution in [3.8, 4) is 0 Å². The average molecular weight is 285 g/mol. The molecular formula is C13H23N3O4. The molecule has 0 aromatic heterocycles. The van der Waals surface area contributed by atoms with Gasteiger partial charge in [-0.3, -0.25) is 4.90 Å². The lowest BCUT2D eigenvalue weighted by molar-refractivity contribution is -0.141. The third kappa shape index (κ3) is 4.08. The Morgan fingerprint density at radius 3 is 2.30 bits per heavy atom. The minimum atomic E-state index is -1.26. The molecule has 1 heterocycles. The van der Waals surface area contributed by atoms with E-state index in [-0.39, 0.29) is 0 Å². The Balaban J connectivity index is 1.77. The second kappa shape index (κ2) is 6.41. The molecule has 0 aromatic carbocycles. The highest BCUT2D eigenvalue weighted by Crippen LogP contribution is 2.29. The summed E-state index contributed by atoms with van der Waals surface area (Å²) in [5.74, 6) is -0.386. The van der Waals surface area contributed by atoms with Gasteiger partial charge in [-0.05, 0) is 25.7 Å². The third-order valence-corrected chi connectivity index (χ3v) is 3.90. The van der Waals surface area contributed by atoms with Crippen LogP contribution in [0.2, 0.25) is 0 Å². The van der Waals surface area contributed by atoms with Crippen molar-refractivity contribution in [2.75, 3.05) is 32.7 Å². The van der Waals surface area contributed by atoms with Crippen molar-refractivity contribution >= 4 is 12.0 Å². The number of hydrogen-bond donors (Lipinski definition) is 3. The maximum Gasteiger partial charge on any atom is 0.328 e. The number of rotatable bonds is 5. The van der Waals surface area contributed by atoms with Gasteiger partial charge in [-0.15, -0.1) is 0 Å². The summed E-state index contributed by atoms with van der Waals surface area (Å²) in [6.07, 6.45) is 1.51. The first-order chi connectivity index (χ1) is 9.47. The lowest BCUT2D eigenvalue weighted by atomic mass is 10.2. The summed E-state index contributed by atoms with van der Waals surface area (Å²) in [5, 5.41) is 20.7. The van der Waals surface area contributed by atoms with Crippen LogP contribution in [0.4, 0.5) is 4.79 Å². The topological polar surface area (TPSA) is 93.1 Å². The monoisotopic (exact) mass is 285 g/mol. The van der Waals surface area contributed by atoms with Gasteiger partial charge in [0.1, 0.15) is 0 Å². The van der Waals surface area contributed by atoms with Crippen LogP contribution in [0.1, 0.15) is 19.8 Å². The number of carboxylic acids is 1. The van der Waals surface area contributed by atoms with E-state index in [1.807, 2.05) is 0 Å². The third-order valence-electron chi connectivity index (χ3n) is 3.90. The molecule has 1 aliphatic heterocycles. The van der Waals surface area contributed by atoms with Gasteiger partial charge in [-0.25, -0.2) is 9.59 Å². The summed E-state index contributed by atoms with van der Waals surface area (Å²) in [6.45, 7) is 5.33.